The second-order valence-corrected chi connectivity index (χ2v) is 8.59. The number of guanidine groups is 1. The topological polar surface area (TPSA) is 58.3 Å². The van der Waals surface area contributed by atoms with Gasteiger partial charge in [-0.3, -0.25) is 4.99 Å². The maximum absolute atomic E-state index is 4.90. The van der Waals surface area contributed by atoms with Crippen molar-refractivity contribution in [2.24, 2.45) is 4.99 Å². The third-order valence-corrected chi connectivity index (χ3v) is 6.61. The maximum Gasteiger partial charge on any atom is 0.193 e. The van der Waals surface area contributed by atoms with E-state index < -0.39 is 0 Å². The van der Waals surface area contributed by atoms with Crippen molar-refractivity contribution in [1.29, 1.82) is 0 Å². The van der Waals surface area contributed by atoms with Crippen LogP contribution < -0.4 is 5.32 Å². The largest absolute Gasteiger partial charge is 0.357 e. The van der Waals surface area contributed by atoms with E-state index in [4.69, 9.17) is 4.99 Å². The van der Waals surface area contributed by atoms with Gasteiger partial charge in [-0.2, -0.15) is 11.8 Å². The van der Waals surface area contributed by atoms with Crippen LogP contribution in [-0.4, -0.2) is 62.8 Å². The number of rotatable bonds is 6. The van der Waals surface area contributed by atoms with Gasteiger partial charge in [0, 0.05) is 56.6 Å². The Hall–Kier alpha value is -0.510. The fraction of sp³-hybridized carbons (Fsp3) is 0.842. The summed E-state index contributed by atoms with van der Waals surface area (Å²) >= 11 is 2.10. The first-order valence-corrected chi connectivity index (χ1v) is 11.4. The van der Waals surface area contributed by atoms with Crippen molar-refractivity contribution >= 4 is 41.7 Å². The summed E-state index contributed by atoms with van der Waals surface area (Å²) in [6.07, 6.45) is 8.15. The standard InChI is InChI=1S/C19H34N6S.HI/c1-3-16-15-24(13-14-26-16)19(20-4-2)21-11-8-10-18-23-22-17-9-6-5-7-12-25(17)18;/h16H,3-15H2,1-2H3,(H,20,21);1H. The summed E-state index contributed by atoms with van der Waals surface area (Å²) in [4.78, 5) is 7.34. The smallest absolute Gasteiger partial charge is 0.193 e. The second-order valence-electron chi connectivity index (χ2n) is 7.18. The molecular formula is C19H35IN6S. The van der Waals surface area contributed by atoms with Gasteiger partial charge >= 0.3 is 0 Å². The molecule has 2 aliphatic rings. The number of aliphatic imine (C=N–C) groups is 1. The maximum atomic E-state index is 4.90. The predicted molar refractivity (Wildman–Crippen MR) is 125 cm³/mol. The Morgan fingerprint density at radius 3 is 2.93 bits per heavy atom. The molecule has 0 spiro atoms. The molecule has 8 heteroatoms. The van der Waals surface area contributed by atoms with Crippen LogP contribution in [0.1, 0.15) is 57.6 Å². The zero-order valence-corrected chi connectivity index (χ0v) is 20.0. The second kappa shape index (κ2) is 12.1. The molecule has 27 heavy (non-hydrogen) atoms. The Morgan fingerprint density at radius 2 is 2.11 bits per heavy atom. The highest BCUT2D eigenvalue weighted by atomic mass is 127. The van der Waals surface area contributed by atoms with E-state index in [-0.39, 0.29) is 24.0 Å². The third-order valence-electron chi connectivity index (χ3n) is 5.23. The average molecular weight is 507 g/mol. The lowest BCUT2D eigenvalue weighted by Crippen LogP contribution is -2.48. The summed E-state index contributed by atoms with van der Waals surface area (Å²) < 4.78 is 2.36. The average Bonchev–Trinajstić information content (AvgIpc) is 2.90. The first-order chi connectivity index (χ1) is 12.8. The number of fused-ring (bicyclic) bond motifs is 1. The minimum Gasteiger partial charge on any atom is -0.357 e. The lowest BCUT2D eigenvalue weighted by molar-refractivity contribution is 0.408. The van der Waals surface area contributed by atoms with E-state index in [9.17, 15) is 0 Å². The van der Waals surface area contributed by atoms with Crippen LogP contribution in [0.15, 0.2) is 4.99 Å². The van der Waals surface area contributed by atoms with Crippen molar-refractivity contribution < 1.29 is 0 Å². The molecule has 3 heterocycles. The van der Waals surface area contributed by atoms with Crippen LogP contribution >= 0.6 is 35.7 Å². The van der Waals surface area contributed by atoms with E-state index in [1.165, 1.54) is 37.3 Å². The zero-order chi connectivity index (χ0) is 18.2. The minimum atomic E-state index is 0. The van der Waals surface area contributed by atoms with Gasteiger partial charge < -0.3 is 14.8 Å². The Labute approximate surface area is 185 Å². The van der Waals surface area contributed by atoms with Crippen molar-refractivity contribution in [2.75, 3.05) is 31.9 Å². The number of halogens is 1. The summed E-state index contributed by atoms with van der Waals surface area (Å²) in [5, 5.41) is 13.1. The molecule has 0 amide bonds. The Balaban J connectivity index is 0.00000261. The van der Waals surface area contributed by atoms with Crippen LogP contribution in [0.2, 0.25) is 0 Å². The van der Waals surface area contributed by atoms with Gasteiger partial charge in [-0.15, -0.1) is 34.2 Å². The number of aromatic nitrogens is 3. The van der Waals surface area contributed by atoms with Gasteiger partial charge in [0.15, 0.2) is 5.96 Å². The number of nitrogens with zero attached hydrogens (tertiary/aromatic N) is 5. The molecule has 3 rings (SSSR count). The van der Waals surface area contributed by atoms with Crippen molar-refractivity contribution in [3.8, 4) is 0 Å². The molecule has 1 aromatic heterocycles. The Bertz CT molecular complexity index is 591. The van der Waals surface area contributed by atoms with Gasteiger partial charge in [-0.25, -0.2) is 0 Å². The molecule has 1 atom stereocenters. The number of thioether (sulfide) groups is 1. The lowest BCUT2D eigenvalue weighted by atomic mass is 10.2. The number of aryl methyl sites for hydroxylation is 2. The summed E-state index contributed by atoms with van der Waals surface area (Å²) in [6, 6.07) is 0. The van der Waals surface area contributed by atoms with Gasteiger partial charge in [-0.05, 0) is 32.6 Å². The van der Waals surface area contributed by atoms with Crippen molar-refractivity contribution in [3.05, 3.63) is 11.6 Å². The fourth-order valence-electron chi connectivity index (χ4n) is 3.74. The molecule has 1 fully saturated rings. The summed E-state index contributed by atoms with van der Waals surface area (Å²) in [5.41, 5.74) is 0. The Kier molecular flexibility index (Phi) is 10.2. The van der Waals surface area contributed by atoms with Crippen molar-refractivity contribution in [3.63, 3.8) is 0 Å². The summed E-state index contributed by atoms with van der Waals surface area (Å²) in [7, 11) is 0. The van der Waals surface area contributed by atoms with Gasteiger partial charge in [0.05, 0.1) is 0 Å². The third kappa shape index (κ3) is 6.51. The molecular weight excluding hydrogens is 471 g/mol. The molecule has 154 valence electrons. The first kappa shape index (κ1) is 22.8. The highest BCUT2D eigenvalue weighted by Crippen LogP contribution is 2.21. The molecule has 1 saturated heterocycles. The van der Waals surface area contributed by atoms with E-state index in [1.54, 1.807) is 0 Å². The first-order valence-electron chi connectivity index (χ1n) is 10.4. The molecule has 0 aliphatic carbocycles. The number of nitrogens with one attached hydrogen (secondary N) is 1. The minimum absolute atomic E-state index is 0. The van der Waals surface area contributed by atoms with Gasteiger partial charge in [0.25, 0.3) is 0 Å². The molecule has 0 bridgehead atoms. The molecule has 6 nitrogen and oxygen atoms in total. The molecule has 1 aromatic rings. The van der Waals surface area contributed by atoms with E-state index in [0.717, 1.165) is 69.0 Å². The SMILES string of the molecule is CCNC(=NCCCc1nnc2n1CCCCC2)N1CCSC(CC)C1.I. The predicted octanol–water partition coefficient (Wildman–Crippen LogP) is 3.35. The number of hydrogen-bond acceptors (Lipinski definition) is 4. The molecule has 1 N–H and O–H groups in total. The van der Waals surface area contributed by atoms with Gasteiger partial charge in [0.2, 0.25) is 0 Å². The highest BCUT2D eigenvalue weighted by Gasteiger charge is 2.21. The van der Waals surface area contributed by atoms with E-state index in [2.05, 4.69) is 50.6 Å². The normalized spacial score (nSPS) is 20.6. The molecule has 1 unspecified atom stereocenters. The fourth-order valence-corrected chi connectivity index (χ4v) is 4.92. The molecule has 2 aliphatic heterocycles. The quantitative estimate of drug-likeness (QED) is 0.278. The van der Waals surface area contributed by atoms with Gasteiger partial charge in [0.1, 0.15) is 11.6 Å². The van der Waals surface area contributed by atoms with E-state index in [1.807, 2.05) is 0 Å². The number of hydrogen-bond donors (Lipinski definition) is 1. The summed E-state index contributed by atoms with van der Waals surface area (Å²) in [5.74, 6) is 4.63. The van der Waals surface area contributed by atoms with Crippen LogP contribution in [0.25, 0.3) is 0 Å². The van der Waals surface area contributed by atoms with Crippen LogP contribution in [0.3, 0.4) is 0 Å². The van der Waals surface area contributed by atoms with Crippen LogP contribution in [0, 0.1) is 0 Å². The van der Waals surface area contributed by atoms with E-state index in [0.29, 0.717) is 0 Å². The zero-order valence-electron chi connectivity index (χ0n) is 16.8. The highest BCUT2D eigenvalue weighted by molar-refractivity contribution is 14.0. The van der Waals surface area contributed by atoms with Crippen LogP contribution in [-0.2, 0) is 19.4 Å². The Morgan fingerprint density at radius 1 is 1.22 bits per heavy atom. The van der Waals surface area contributed by atoms with Crippen LogP contribution in [0.4, 0.5) is 0 Å². The lowest BCUT2D eigenvalue weighted by Gasteiger charge is -2.34. The monoisotopic (exact) mass is 506 g/mol. The van der Waals surface area contributed by atoms with Gasteiger partial charge in [-0.1, -0.05) is 13.3 Å². The van der Waals surface area contributed by atoms with E-state index >= 15 is 0 Å². The molecule has 0 radical (unpaired) electrons. The summed E-state index contributed by atoms with van der Waals surface area (Å²) in [6.45, 7) is 9.52. The molecule has 0 saturated carbocycles. The van der Waals surface area contributed by atoms with Crippen molar-refractivity contribution in [2.45, 2.75) is 70.6 Å². The van der Waals surface area contributed by atoms with Crippen molar-refractivity contribution in [1.82, 2.24) is 25.0 Å². The molecule has 0 aromatic carbocycles. The van der Waals surface area contributed by atoms with Crippen LogP contribution in [0.5, 0.6) is 0 Å².